The topological polar surface area (TPSA) is 114 Å². The van der Waals surface area contributed by atoms with Crippen LogP contribution < -0.4 is 14.2 Å². The lowest BCUT2D eigenvalue weighted by Crippen LogP contribution is -2.15. The van der Waals surface area contributed by atoms with Crippen LogP contribution in [-0.2, 0) is 20.0 Å². The van der Waals surface area contributed by atoms with Crippen LogP contribution in [0.4, 0.5) is 10.8 Å². The van der Waals surface area contributed by atoms with E-state index in [9.17, 15) is 16.8 Å². The summed E-state index contributed by atoms with van der Waals surface area (Å²) in [6.07, 6.45) is 1.48. The Balaban J connectivity index is 1.83. The summed E-state index contributed by atoms with van der Waals surface area (Å²) in [4.78, 5) is 3.83. The molecule has 0 saturated heterocycles. The van der Waals surface area contributed by atoms with Gasteiger partial charge in [0.15, 0.2) is 5.13 Å². The van der Waals surface area contributed by atoms with Gasteiger partial charge in [0.05, 0.1) is 11.5 Å². The van der Waals surface area contributed by atoms with Gasteiger partial charge in [0.1, 0.15) is 10.6 Å². The number of hydrogen-bond acceptors (Lipinski definition) is 7. The van der Waals surface area contributed by atoms with Crippen molar-refractivity contribution in [3.8, 4) is 5.75 Å². The maximum atomic E-state index is 12.8. The predicted molar refractivity (Wildman–Crippen MR) is 115 cm³/mol. The molecular weight excluding hydrogens is 502 g/mol. The molecule has 8 nitrogen and oxygen atoms in total. The van der Waals surface area contributed by atoms with Crippen LogP contribution >= 0.6 is 27.3 Å². The highest BCUT2D eigenvalue weighted by Gasteiger charge is 2.21. The standard InChI is InChI=1S/C17H16BrN3O5S3/c1-2-26-15-8-3-12(18)11-16(15)29(24,25)20-13-4-6-14(7-5-13)28(22,23)21-17-19-9-10-27-17/h3-11,20H,2H2,1H3,(H,19,21). The van der Waals surface area contributed by atoms with E-state index < -0.39 is 20.0 Å². The van der Waals surface area contributed by atoms with Crippen molar-refractivity contribution in [3.05, 3.63) is 58.5 Å². The molecule has 0 aliphatic heterocycles. The van der Waals surface area contributed by atoms with Crippen LogP contribution in [0.2, 0.25) is 0 Å². The molecule has 154 valence electrons. The first kappa shape index (κ1) is 21.6. The molecule has 0 spiro atoms. The lowest BCUT2D eigenvalue weighted by molar-refractivity contribution is 0.331. The number of nitrogens with one attached hydrogen (secondary N) is 2. The molecule has 0 radical (unpaired) electrons. The Morgan fingerprint density at radius 3 is 2.38 bits per heavy atom. The van der Waals surface area contributed by atoms with Crippen LogP contribution in [0.5, 0.6) is 5.75 Å². The molecule has 3 rings (SSSR count). The fourth-order valence-electron chi connectivity index (χ4n) is 2.33. The van der Waals surface area contributed by atoms with Gasteiger partial charge < -0.3 is 4.74 Å². The number of thiazole rings is 1. The van der Waals surface area contributed by atoms with Crippen LogP contribution in [-0.4, -0.2) is 28.4 Å². The van der Waals surface area contributed by atoms with E-state index in [1.165, 1.54) is 36.5 Å². The fraction of sp³-hybridized carbons (Fsp3) is 0.118. The van der Waals surface area contributed by atoms with E-state index in [4.69, 9.17) is 4.74 Å². The number of anilines is 2. The van der Waals surface area contributed by atoms with E-state index in [1.54, 1.807) is 24.4 Å². The number of nitrogens with zero attached hydrogens (tertiary/aromatic N) is 1. The van der Waals surface area contributed by atoms with E-state index in [0.29, 0.717) is 11.1 Å². The third kappa shape index (κ3) is 5.26. The molecule has 0 bridgehead atoms. The fourth-order valence-corrected chi connectivity index (χ4v) is 5.86. The highest BCUT2D eigenvalue weighted by atomic mass is 79.9. The maximum absolute atomic E-state index is 12.8. The van der Waals surface area contributed by atoms with Gasteiger partial charge in [-0.2, -0.15) is 0 Å². The van der Waals surface area contributed by atoms with Gasteiger partial charge in [-0.3, -0.25) is 9.44 Å². The number of benzene rings is 2. The number of sulfonamides is 2. The van der Waals surface area contributed by atoms with Crippen LogP contribution in [0.25, 0.3) is 0 Å². The summed E-state index contributed by atoms with van der Waals surface area (Å²) in [6, 6.07) is 10.0. The Kier molecular flexibility index (Phi) is 6.46. The van der Waals surface area contributed by atoms with E-state index in [1.807, 2.05) is 0 Å². The summed E-state index contributed by atoms with van der Waals surface area (Å²) < 4.78 is 61.1. The molecule has 0 aliphatic rings. The summed E-state index contributed by atoms with van der Waals surface area (Å²) in [5.41, 5.74) is 0.209. The van der Waals surface area contributed by atoms with Crippen LogP contribution in [0.1, 0.15) is 6.92 Å². The smallest absolute Gasteiger partial charge is 0.265 e. The zero-order valence-electron chi connectivity index (χ0n) is 15.0. The van der Waals surface area contributed by atoms with Crippen molar-refractivity contribution in [3.63, 3.8) is 0 Å². The largest absolute Gasteiger partial charge is 0.492 e. The second-order valence-electron chi connectivity index (χ2n) is 5.60. The van der Waals surface area contributed by atoms with Gasteiger partial charge in [0, 0.05) is 21.7 Å². The average molecular weight is 518 g/mol. The summed E-state index contributed by atoms with van der Waals surface area (Å²) >= 11 is 4.41. The number of rotatable bonds is 8. The lowest BCUT2D eigenvalue weighted by Gasteiger charge is -2.13. The second-order valence-corrected chi connectivity index (χ2v) is 10.7. The zero-order chi connectivity index (χ0) is 21.1. The van der Waals surface area contributed by atoms with Crippen molar-refractivity contribution < 1.29 is 21.6 Å². The van der Waals surface area contributed by atoms with Crippen molar-refractivity contribution in [1.82, 2.24) is 4.98 Å². The number of aromatic nitrogens is 1. The molecule has 0 aliphatic carbocycles. The molecule has 0 fully saturated rings. The Morgan fingerprint density at radius 1 is 1.03 bits per heavy atom. The van der Waals surface area contributed by atoms with Crippen molar-refractivity contribution in [2.45, 2.75) is 16.7 Å². The van der Waals surface area contributed by atoms with E-state index in [-0.39, 0.29) is 26.4 Å². The summed E-state index contributed by atoms with van der Waals surface area (Å²) in [7, 11) is -7.78. The molecule has 0 saturated carbocycles. The minimum atomic E-state index is -3.96. The van der Waals surface area contributed by atoms with Gasteiger partial charge in [-0.1, -0.05) is 15.9 Å². The second kappa shape index (κ2) is 8.69. The first-order chi connectivity index (χ1) is 13.7. The monoisotopic (exact) mass is 517 g/mol. The number of hydrogen-bond donors (Lipinski definition) is 2. The first-order valence-corrected chi connectivity index (χ1v) is 12.8. The molecule has 0 amide bonds. The summed E-state index contributed by atoms with van der Waals surface area (Å²) in [6.45, 7) is 2.06. The maximum Gasteiger partial charge on any atom is 0.265 e. The molecule has 12 heteroatoms. The Hall–Kier alpha value is -2.15. The number of halogens is 1. The SMILES string of the molecule is CCOc1ccc(Br)cc1S(=O)(=O)Nc1ccc(S(=O)(=O)Nc2nccs2)cc1. The molecule has 0 unspecified atom stereocenters. The Morgan fingerprint density at radius 2 is 1.76 bits per heavy atom. The lowest BCUT2D eigenvalue weighted by atomic mass is 10.3. The van der Waals surface area contributed by atoms with Crippen molar-refractivity contribution in [2.75, 3.05) is 16.1 Å². The van der Waals surface area contributed by atoms with Gasteiger partial charge in [-0.25, -0.2) is 21.8 Å². The van der Waals surface area contributed by atoms with Gasteiger partial charge in [-0.05, 0) is 49.4 Å². The third-order valence-electron chi connectivity index (χ3n) is 3.57. The van der Waals surface area contributed by atoms with E-state index in [2.05, 4.69) is 30.4 Å². The van der Waals surface area contributed by atoms with Gasteiger partial charge in [0.25, 0.3) is 20.0 Å². The zero-order valence-corrected chi connectivity index (χ0v) is 19.0. The summed E-state index contributed by atoms with van der Waals surface area (Å²) in [5, 5.41) is 1.89. The highest BCUT2D eigenvalue weighted by molar-refractivity contribution is 9.10. The molecule has 29 heavy (non-hydrogen) atoms. The number of ether oxygens (including phenoxy) is 1. The third-order valence-corrected chi connectivity index (χ3v) is 7.63. The van der Waals surface area contributed by atoms with Gasteiger partial charge in [-0.15, -0.1) is 11.3 Å². The molecule has 3 aromatic rings. The molecule has 1 aromatic heterocycles. The quantitative estimate of drug-likeness (QED) is 0.468. The predicted octanol–water partition coefficient (Wildman–Crippen LogP) is 3.91. The Bertz CT molecular complexity index is 1200. The molecule has 1 heterocycles. The molecular formula is C17H16BrN3O5S3. The summed E-state index contributed by atoms with van der Waals surface area (Å²) in [5.74, 6) is 0.218. The normalized spacial score (nSPS) is 11.8. The average Bonchev–Trinajstić information content (AvgIpc) is 3.16. The van der Waals surface area contributed by atoms with Gasteiger partial charge >= 0.3 is 0 Å². The molecule has 2 N–H and O–H groups in total. The van der Waals surface area contributed by atoms with E-state index >= 15 is 0 Å². The van der Waals surface area contributed by atoms with Crippen LogP contribution in [0.3, 0.4) is 0 Å². The van der Waals surface area contributed by atoms with Crippen LogP contribution in [0, 0.1) is 0 Å². The van der Waals surface area contributed by atoms with E-state index in [0.717, 1.165) is 11.3 Å². The minimum Gasteiger partial charge on any atom is -0.492 e. The Labute approximate surface area is 181 Å². The first-order valence-electron chi connectivity index (χ1n) is 8.19. The van der Waals surface area contributed by atoms with Crippen molar-refractivity contribution in [1.29, 1.82) is 0 Å². The highest BCUT2D eigenvalue weighted by Crippen LogP contribution is 2.29. The van der Waals surface area contributed by atoms with Crippen molar-refractivity contribution in [2.24, 2.45) is 0 Å². The van der Waals surface area contributed by atoms with Gasteiger partial charge in [0.2, 0.25) is 0 Å². The van der Waals surface area contributed by atoms with Crippen molar-refractivity contribution >= 4 is 58.1 Å². The van der Waals surface area contributed by atoms with Crippen LogP contribution in [0.15, 0.2) is 68.3 Å². The molecule has 0 atom stereocenters. The molecule has 2 aromatic carbocycles. The minimum absolute atomic E-state index is 0.0203.